The van der Waals surface area contributed by atoms with Crippen LogP contribution in [-0.4, -0.2) is 42.4 Å². The van der Waals surface area contributed by atoms with Gasteiger partial charge in [-0.1, -0.05) is 0 Å². The molecule has 0 aromatic rings. The molecule has 0 heterocycles. The van der Waals surface area contributed by atoms with Gasteiger partial charge in [-0.05, 0) is 38.3 Å². The number of hydrogen-bond donors (Lipinski definition) is 2. The van der Waals surface area contributed by atoms with E-state index in [-0.39, 0.29) is 29.2 Å². The predicted octanol–water partition coefficient (Wildman–Crippen LogP) is -0.115. The standard InChI is InChI=1S/2C3H7NOS.Li.H/c2*1-2-5-3(4)6;;/h2*2H2,1H3,(H2,4,6);;. The Bertz CT molecular complexity index is 131. The van der Waals surface area contributed by atoms with Gasteiger partial charge in [-0.3, -0.25) is 0 Å². The average Bonchev–Trinajstić information content (AvgIpc) is 1.87. The van der Waals surface area contributed by atoms with Gasteiger partial charge in [0, 0.05) is 0 Å². The second-order valence-electron chi connectivity index (χ2n) is 1.50. The minimum absolute atomic E-state index is 0. The van der Waals surface area contributed by atoms with E-state index in [1.807, 2.05) is 13.8 Å². The average molecular weight is 218 g/mol. The van der Waals surface area contributed by atoms with Crippen LogP contribution >= 0.6 is 24.4 Å². The fourth-order valence-electron chi connectivity index (χ4n) is 0.285. The van der Waals surface area contributed by atoms with Crippen molar-refractivity contribution in [2.24, 2.45) is 11.5 Å². The Kier molecular flexibility index (Phi) is 20.9. The predicted molar refractivity (Wildman–Crippen MR) is 64.0 cm³/mol. The van der Waals surface area contributed by atoms with Crippen molar-refractivity contribution in [2.45, 2.75) is 13.8 Å². The molecule has 0 rings (SSSR count). The van der Waals surface area contributed by atoms with E-state index in [1.54, 1.807) is 0 Å². The summed E-state index contributed by atoms with van der Waals surface area (Å²) in [5.74, 6) is 0. The molecule has 0 aliphatic rings. The van der Waals surface area contributed by atoms with Crippen molar-refractivity contribution in [3.63, 3.8) is 0 Å². The Labute approximate surface area is 101 Å². The van der Waals surface area contributed by atoms with Crippen LogP contribution in [0.3, 0.4) is 0 Å². The summed E-state index contributed by atoms with van der Waals surface area (Å²) in [5.41, 5.74) is 9.82. The molecular weight excluding hydrogens is 203 g/mol. The topological polar surface area (TPSA) is 70.5 Å². The van der Waals surface area contributed by atoms with E-state index < -0.39 is 0 Å². The summed E-state index contributed by atoms with van der Waals surface area (Å²) < 4.78 is 9.10. The first-order chi connectivity index (χ1) is 5.54. The molecule has 4 N–H and O–H groups in total. The fourth-order valence-corrected chi connectivity index (χ4v) is 0.520. The second-order valence-corrected chi connectivity index (χ2v) is 2.31. The summed E-state index contributed by atoms with van der Waals surface area (Å²) in [6.07, 6.45) is 0. The summed E-state index contributed by atoms with van der Waals surface area (Å²) in [7, 11) is 0. The first-order valence-electron chi connectivity index (χ1n) is 3.39. The van der Waals surface area contributed by atoms with Crippen molar-refractivity contribution in [3.05, 3.63) is 0 Å². The summed E-state index contributed by atoms with van der Waals surface area (Å²) in [5, 5.41) is 0.245. The van der Waals surface area contributed by atoms with Crippen LogP contribution < -0.4 is 11.5 Å². The Morgan fingerprint density at radius 2 is 1.23 bits per heavy atom. The van der Waals surface area contributed by atoms with Gasteiger partial charge in [0.15, 0.2) is 0 Å². The first kappa shape index (κ1) is 18.7. The normalized spacial score (nSPS) is 6.92. The van der Waals surface area contributed by atoms with Gasteiger partial charge in [0.2, 0.25) is 0 Å². The first-order valence-corrected chi connectivity index (χ1v) is 4.20. The van der Waals surface area contributed by atoms with Gasteiger partial charge in [-0.25, -0.2) is 0 Å². The molecule has 74 valence electrons. The van der Waals surface area contributed by atoms with Gasteiger partial charge in [0.25, 0.3) is 10.3 Å². The molecule has 0 saturated heterocycles. The van der Waals surface area contributed by atoms with Crippen LogP contribution in [0.25, 0.3) is 0 Å². The summed E-state index contributed by atoms with van der Waals surface area (Å²) in [4.78, 5) is 0. The number of ether oxygens (including phenoxy) is 2. The van der Waals surface area contributed by atoms with Crippen molar-refractivity contribution >= 4 is 53.6 Å². The molecule has 13 heavy (non-hydrogen) atoms. The van der Waals surface area contributed by atoms with Crippen molar-refractivity contribution < 1.29 is 9.47 Å². The maximum atomic E-state index is 4.91. The van der Waals surface area contributed by atoms with Crippen LogP contribution in [0.2, 0.25) is 0 Å². The fraction of sp³-hybridized carbons (Fsp3) is 0.667. The van der Waals surface area contributed by atoms with E-state index in [2.05, 4.69) is 33.9 Å². The molecule has 4 nitrogen and oxygen atoms in total. The third-order valence-corrected chi connectivity index (χ3v) is 0.809. The molecule has 0 saturated carbocycles. The molecule has 0 aromatic heterocycles. The SMILES string of the molecule is CCOC(N)=S.CCOC(N)=S.[LiH]. The van der Waals surface area contributed by atoms with E-state index in [9.17, 15) is 0 Å². The zero-order chi connectivity index (χ0) is 9.98. The van der Waals surface area contributed by atoms with Gasteiger partial charge < -0.3 is 20.9 Å². The van der Waals surface area contributed by atoms with Gasteiger partial charge in [-0.15, -0.1) is 0 Å². The van der Waals surface area contributed by atoms with Crippen molar-refractivity contribution in [1.82, 2.24) is 0 Å². The van der Waals surface area contributed by atoms with E-state index >= 15 is 0 Å². The van der Waals surface area contributed by atoms with Crippen LogP contribution in [0.5, 0.6) is 0 Å². The van der Waals surface area contributed by atoms with Crippen LogP contribution in [0.15, 0.2) is 0 Å². The van der Waals surface area contributed by atoms with E-state index in [0.717, 1.165) is 0 Å². The molecule has 0 amide bonds. The van der Waals surface area contributed by atoms with Gasteiger partial charge in [0.1, 0.15) is 0 Å². The maximum absolute atomic E-state index is 4.91. The Morgan fingerprint density at radius 1 is 1.00 bits per heavy atom. The van der Waals surface area contributed by atoms with E-state index in [1.165, 1.54) is 0 Å². The zero-order valence-corrected chi connectivity index (χ0v) is 8.83. The van der Waals surface area contributed by atoms with Gasteiger partial charge in [0.05, 0.1) is 13.2 Å². The third kappa shape index (κ3) is 33.4. The van der Waals surface area contributed by atoms with E-state index in [4.69, 9.17) is 11.5 Å². The molecule has 0 unspecified atom stereocenters. The molecular formula is C6H15LiN2O2S2. The van der Waals surface area contributed by atoms with Crippen LogP contribution in [0.1, 0.15) is 13.8 Å². The Balaban J connectivity index is -0.000000143. The van der Waals surface area contributed by atoms with Crippen molar-refractivity contribution in [3.8, 4) is 0 Å². The molecule has 0 radical (unpaired) electrons. The van der Waals surface area contributed by atoms with Crippen LogP contribution in [-0.2, 0) is 9.47 Å². The molecule has 0 aromatic carbocycles. The van der Waals surface area contributed by atoms with Crippen LogP contribution in [0.4, 0.5) is 0 Å². The molecule has 0 aliphatic heterocycles. The molecule has 0 aliphatic carbocycles. The molecule has 0 spiro atoms. The number of hydrogen-bond acceptors (Lipinski definition) is 4. The van der Waals surface area contributed by atoms with E-state index in [0.29, 0.717) is 13.2 Å². The summed E-state index contributed by atoms with van der Waals surface area (Å²) in [6.45, 7) is 4.79. The number of thiocarbonyl (C=S) groups is 2. The second kappa shape index (κ2) is 14.5. The molecule has 0 fully saturated rings. The Morgan fingerprint density at radius 3 is 1.23 bits per heavy atom. The molecule has 0 atom stereocenters. The summed E-state index contributed by atoms with van der Waals surface area (Å²) in [6, 6.07) is 0. The van der Waals surface area contributed by atoms with Crippen molar-refractivity contribution in [2.75, 3.05) is 13.2 Å². The zero-order valence-electron chi connectivity index (χ0n) is 7.20. The molecule has 0 bridgehead atoms. The number of nitrogens with two attached hydrogens (primary N) is 2. The van der Waals surface area contributed by atoms with Gasteiger partial charge in [-0.2, -0.15) is 0 Å². The minimum atomic E-state index is 0. The Hall–Kier alpha value is -0.0226. The number of rotatable bonds is 2. The monoisotopic (exact) mass is 218 g/mol. The third-order valence-electron chi connectivity index (χ3n) is 0.573. The molecule has 7 heteroatoms. The summed E-state index contributed by atoms with van der Waals surface area (Å²) >= 11 is 8.70. The van der Waals surface area contributed by atoms with Crippen LogP contribution in [0, 0.1) is 0 Å². The van der Waals surface area contributed by atoms with Gasteiger partial charge >= 0.3 is 18.9 Å². The van der Waals surface area contributed by atoms with Crippen molar-refractivity contribution in [1.29, 1.82) is 0 Å². The quantitative estimate of drug-likeness (QED) is 0.497.